The lowest BCUT2D eigenvalue weighted by Gasteiger charge is -2.18. The van der Waals surface area contributed by atoms with Crippen LogP contribution in [0.5, 0.6) is 0 Å². The van der Waals surface area contributed by atoms with E-state index in [1.165, 1.54) is 6.07 Å². The highest BCUT2D eigenvalue weighted by Gasteiger charge is 2.16. The van der Waals surface area contributed by atoms with Crippen LogP contribution in [0.1, 0.15) is 50.3 Å². The molecule has 0 fully saturated rings. The van der Waals surface area contributed by atoms with E-state index in [2.05, 4.69) is 13.8 Å². The molecule has 0 bridgehead atoms. The molecule has 0 amide bonds. The molecule has 0 saturated heterocycles. The van der Waals surface area contributed by atoms with Crippen LogP contribution >= 0.6 is 0 Å². The molecule has 2 atom stereocenters. The summed E-state index contributed by atoms with van der Waals surface area (Å²) in [4.78, 5) is 0. The first-order chi connectivity index (χ1) is 7.95. The zero-order valence-corrected chi connectivity index (χ0v) is 10.8. The Bertz CT molecular complexity index is 377. The Morgan fingerprint density at radius 2 is 1.88 bits per heavy atom. The van der Waals surface area contributed by atoms with Crippen LogP contribution < -0.4 is 5.73 Å². The van der Waals surface area contributed by atoms with Crippen LogP contribution in [0.4, 0.5) is 8.78 Å². The summed E-state index contributed by atoms with van der Waals surface area (Å²) in [5.74, 6) is -0.593. The average Bonchev–Trinajstić information content (AvgIpc) is 2.23. The van der Waals surface area contributed by atoms with Crippen LogP contribution in [0.15, 0.2) is 12.1 Å². The van der Waals surface area contributed by atoms with Crippen LogP contribution in [0.2, 0.25) is 0 Å². The van der Waals surface area contributed by atoms with Crippen molar-refractivity contribution < 1.29 is 8.78 Å². The number of nitrogens with two attached hydrogens (primary N) is 1. The summed E-state index contributed by atoms with van der Waals surface area (Å²) in [5.41, 5.74) is 6.85. The van der Waals surface area contributed by atoms with Gasteiger partial charge in [-0.1, -0.05) is 26.7 Å². The number of rotatable bonds is 5. The lowest BCUT2D eigenvalue weighted by Crippen LogP contribution is -2.16. The zero-order chi connectivity index (χ0) is 13.0. The molecule has 2 unspecified atom stereocenters. The van der Waals surface area contributed by atoms with Crippen molar-refractivity contribution in [2.75, 3.05) is 0 Å². The van der Waals surface area contributed by atoms with E-state index in [9.17, 15) is 8.78 Å². The lowest BCUT2D eigenvalue weighted by molar-refractivity contribution is 0.430. The fraction of sp³-hybridized carbons (Fsp3) is 0.571. The molecule has 17 heavy (non-hydrogen) atoms. The Morgan fingerprint density at radius 1 is 1.24 bits per heavy atom. The molecule has 0 radical (unpaired) electrons. The second kappa shape index (κ2) is 6.10. The monoisotopic (exact) mass is 241 g/mol. The largest absolute Gasteiger partial charge is 0.324 e. The van der Waals surface area contributed by atoms with Gasteiger partial charge in [-0.05, 0) is 30.9 Å². The van der Waals surface area contributed by atoms with Crippen molar-refractivity contribution >= 4 is 0 Å². The van der Waals surface area contributed by atoms with Gasteiger partial charge in [0.1, 0.15) is 11.6 Å². The Balaban J connectivity index is 2.81. The Morgan fingerprint density at radius 3 is 2.47 bits per heavy atom. The van der Waals surface area contributed by atoms with E-state index in [1.54, 1.807) is 6.92 Å². The summed E-state index contributed by atoms with van der Waals surface area (Å²) in [7, 11) is 0. The molecule has 0 aromatic heterocycles. The molecule has 0 aliphatic rings. The molecule has 0 aliphatic carbocycles. The van der Waals surface area contributed by atoms with Gasteiger partial charge in [-0.15, -0.1) is 0 Å². The van der Waals surface area contributed by atoms with Gasteiger partial charge in [-0.3, -0.25) is 0 Å². The number of hydrogen-bond acceptors (Lipinski definition) is 1. The molecule has 1 rings (SSSR count). The van der Waals surface area contributed by atoms with Crippen molar-refractivity contribution in [3.63, 3.8) is 0 Å². The highest BCUT2D eigenvalue weighted by Crippen LogP contribution is 2.25. The Hall–Kier alpha value is -0.960. The number of halogens is 2. The summed E-state index contributed by atoms with van der Waals surface area (Å²) >= 11 is 0. The topological polar surface area (TPSA) is 26.0 Å². The van der Waals surface area contributed by atoms with Gasteiger partial charge in [0, 0.05) is 17.7 Å². The maximum Gasteiger partial charge on any atom is 0.130 e. The minimum absolute atomic E-state index is 0.351. The number of aryl methyl sites for hydroxylation is 1. The van der Waals surface area contributed by atoms with Crippen LogP contribution in [0.3, 0.4) is 0 Å². The summed E-state index contributed by atoms with van der Waals surface area (Å²) in [5, 5.41) is 0. The normalized spacial score (nSPS) is 14.7. The molecule has 1 nitrogen and oxygen atoms in total. The van der Waals surface area contributed by atoms with Crippen molar-refractivity contribution in [2.24, 2.45) is 11.7 Å². The molecule has 3 heteroatoms. The molecule has 0 aliphatic heterocycles. The second-order valence-electron chi connectivity index (χ2n) is 4.86. The van der Waals surface area contributed by atoms with Gasteiger partial charge in [0.05, 0.1) is 0 Å². The quantitative estimate of drug-likeness (QED) is 0.825. The first-order valence-electron chi connectivity index (χ1n) is 6.16. The highest BCUT2D eigenvalue weighted by atomic mass is 19.1. The Labute approximate surface area is 102 Å². The third-order valence-corrected chi connectivity index (χ3v) is 3.12. The number of benzene rings is 1. The van der Waals surface area contributed by atoms with Gasteiger partial charge >= 0.3 is 0 Å². The molecule has 1 aromatic rings. The van der Waals surface area contributed by atoms with Gasteiger partial charge in [0.2, 0.25) is 0 Å². The van der Waals surface area contributed by atoms with E-state index in [0.717, 1.165) is 25.3 Å². The predicted molar refractivity (Wildman–Crippen MR) is 66.7 cm³/mol. The van der Waals surface area contributed by atoms with Crippen molar-refractivity contribution in [3.8, 4) is 0 Å². The maximum atomic E-state index is 13.6. The first-order valence-corrected chi connectivity index (χ1v) is 6.16. The molecule has 96 valence electrons. The average molecular weight is 241 g/mol. The molecule has 0 spiro atoms. The molecular weight excluding hydrogens is 220 g/mol. The maximum absolute atomic E-state index is 13.6. The van der Waals surface area contributed by atoms with Crippen molar-refractivity contribution in [1.29, 1.82) is 0 Å². The molecule has 0 saturated carbocycles. The first kappa shape index (κ1) is 14.1. The summed E-state index contributed by atoms with van der Waals surface area (Å²) in [6.45, 7) is 5.85. The summed E-state index contributed by atoms with van der Waals surface area (Å²) in [6, 6.07) is 2.10. The van der Waals surface area contributed by atoms with Gasteiger partial charge in [-0.2, -0.15) is 0 Å². The van der Waals surface area contributed by atoms with Crippen LogP contribution in [0.25, 0.3) is 0 Å². The predicted octanol–water partition coefficient (Wildman–Crippen LogP) is 4.10. The molecule has 1 aromatic carbocycles. The SMILES string of the molecule is CCCC(C)CC(N)c1cc(C)c(F)cc1F. The smallest absolute Gasteiger partial charge is 0.130 e. The van der Waals surface area contributed by atoms with Gasteiger partial charge < -0.3 is 5.73 Å². The van der Waals surface area contributed by atoms with E-state index >= 15 is 0 Å². The van der Waals surface area contributed by atoms with Crippen molar-refractivity contribution in [3.05, 3.63) is 34.9 Å². The van der Waals surface area contributed by atoms with Crippen molar-refractivity contribution in [2.45, 2.75) is 46.1 Å². The fourth-order valence-corrected chi connectivity index (χ4v) is 2.13. The lowest BCUT2D eigenvalue weighted by atomic mass is 9.92. The van der Waals surface area contributed by atoms with Crippen LogP contribution in [0, 0.1) is 24.5 Å². The van der Waals surface area contributed by atoms with E-state index in [4.69, 9.17) is 5.73 Å². The van der Waals surface area contributed by atoms with E-state index in [-0.39, 0.29) is 6.04 Å². The van der Waals surface area contributed by atoms with Crippen LogP contribution in [-0.4, -0.2) is 0 Å². The third-order valence-electron chi connectivity index (χ3n) is 3.12. The third kappa shape index (κ3) is 3.77. The van der Waals surface area contributed by atoms with E-state index in [1.807, 2.05) is 0 Å². The Kier molecular flexibility index (Phi) is 5.06. The fourth-order valence-electron chi connectivity index (χ4n) is 2.13. The van der Waals surface area contributed by atoms with Gasteiger partial charge in [-0.25, -0.2) is 8.78 Å². The van der Waals surface area contributed by atoms with E-state index < -0.39 is 11.6 Å². The van der Waals surface area contributed by atoms with Crippen LogP contribution in [-0.2, 0) is 0 Å². The van der Waals surface area contributed by atoms with E-state index in [0.29, 0.717) is 17.0 Å². The molecule has 0 heterocycles. The standard InChI is InChI=1S/C14H21F2N/c1-4-5-9(2)6-14(17)11-7-10(3)12(15)8-13(11)16/h7-9,14H,4-6,17H2,1-3H3. The minimum Gasteiger partial charge on any atom is -0.324 e. The van der Waals surface area contributed by atoms with Crippen molar-refractivity contribution in [1.82, 2.24) is 0 Å². The summed E-state index contributed by atoms with van der Waals surface area (Å²) < 4.78 is 26.7. The minimum atomic E-state index is -0.538. The second-order valence-corrected chi connectivity index (χ2v) is 4.86. The molecular formula is C14H21F2N. The molecule has 2 N–H and O–H groups in total. The summed E-state index contributed by atoms with van der Waals surface area (Å²) in [6.07, 6.45) is 2.91. The van der Waals surface area contributed by atoms with Gasteiger partial charge in [0.15, 0.2) is 0 Å². The zero-order valence-electron chi connectivity index (χ0n) is 10.8. The highest BCUT2D eigenvalue weighted by molar-refractivity contribution is 5.28. The number of hydrogen-bond donors (Lipinski definition) is 1. The van der Waals surface area contributed by atoms with Gasteiger partial charge in [0.25, 0.3) is 0 Å².